The summed E-state index contributed by atoms with van der Waals surface area (Å²) in [6.45, 7) is 5.78. The van der Waals surface area contributed by atoms with E-state index in [2.05, 4.69) is 12.8 Å². The predicted molar refractivity (Wildman–Crippen MR) is 92.4 cm³/mol. The van der Waals surface area contributed by atoms with Gasteiger partial charge >= 0.3 is 0 Å². The number of thiol groups is 1. The minimum absolute atomic E-state index is 0.0368. The molecule has 0 aliphatic carbocycles. The monoisotopic (exact) mass is 327 g/mol. The Morgan fingerprint density at radius 3 is 2.59 bits per heavy atom. The normalized spacial score (nSPS) is 15.9. The van der Waals surface area contributed by atoms with E-state index in [1.54, 1.807) is 9.21 Å². The fourth-order valence-corrected chi connectivity index (χ4v) is 2.30. The van der Waals surface area contributed by atoms with E-state index in [0.29, 0.717) is 19.7 Å². The lowest BCUT2D eigenvalue weighted by Crippen LogP contribution is -2.41. The molecule has 0 spiro atoms. The van der Waals surface area contributed by atoms with Gasteiger partial charge in [-0.15, -0.1) is 0 Å². The van der Waals surface area contributed by atoms with Crippen LogP contribution in [0.25, 0.3) is 0 Å². The van der Waals surface area contributed by atoms with Crippen molar-refractivity contribution in [3.63, 3.8) is 0 Å². The van der Waals surface area contributed by atoms with Crippen LogP contribution in [0.3, 0.4) is 0 Å². The summed E-state index contributed by atoms with van der Waals surface area (Å²) in [5, 5.41) is 9.50. The zero-order valence-corrected chi connectivity index (χ0v) is 14.0. The largest absolute Gasteiger partial charge is 0.390 e. The van der Waals surface area contributed by atoms with E-state index in [1.807, 2.05) is 38.1 Å². The number of aliphatic hydroxyl groups excluding tert-OH is 1. The number of hydrogen-bond donors (Lipinski definition) is 3. The highest BCUT2D eigenvalue weighted by Crippen LogP contribution is 2.23. The lowest BCUT2D eigenvalue weighted by atomic mass is 10.2. The first-order valence-corrected chi connectivity index (χ1v) is 7.84. The van der Waals surface area contributed by atoms with Gasteiger partial charge in [0.05, 0.1) is 19.3 Å². The maximum absolute atomic E-state index is 11.7. The Bertz CT molecular complexity index is 456. The van der Waals surface area contributed by atoms with Crippen LogP contribution >= 0.6 is 12.8 Å². The summed E-state index contributed by atoms with van der Waals surface area (Å²) >= 11 is 4.31. The maximum Gasteiger partial charge on any atom is 0.253 e. The van der Waals surface area contributed by atoms with Crippen molar-refractivity contribution in [3.8, 4) is 0 Å². The molecule has 1 aromatic rings. The van der Waals surface area contributed by atoms with Crippen molar-refractivity contribution in [2.24, 2.45) is 5.73 Å². The molecule has 1 saturated heterocycles. The van der Waals surface area contributed by atoms with E-state index in [4.69, 9.17) is 10.5 Å². The molecule has 3 N–H and O–H groups in total. The van der Waals surface area contributed by atoms with Crippen LogP contribution in [-0.2, 0) is 9.53 Å². The first-order chi connectivity index (χ1) is 10.6. The molecule has 1 aliphatic rings. The molecule has 2 rings (SSSR count). The highest BCUT2D eigenvalue weighted by molar-refractivity contribution is 7.81. The summed E-state index contributed by atoms with van der Waals surface area (Å²) in [7, 11) is 0. The number of nitrogens with zero attached hydrogens (tertiary/aromatic N) is 2. The number of morpholine rings is 1. The highest BCUT2D eigenvalue weighted by Gasteiger charge is 2.20. The standard InChI is InChI=1S/C13H19N3O3S.C2H6/c14-7-12(17)8-16(20)11-3-1-10(2-4-11)15-5-6-19-9-13(15)18;1-2/h1-4,12,17,20H,5-9,14H2;1-2H3. The number of carbonyl (C=O) groups excluding carboxylic acids is 1. The Morgan fingerprint density at radius 2 is 2.05 bits per heavy atom. The van der Waals surface area contributed by atoms with Gasteiger partial charge in [0.1, 0.15) is 6.61 Å². The summed E-state index contributed by atoms with van der Waals surface area (Å²) < 4.78 is 6.73. The predicted octanol–water partition coefficient (Wildman–Crippen LogP) is 1.05. The molecule has 6 nitrogen and oxygen atoms in total. The zero-order valence-electron chi connectivity index (χ0n) is 13.1. The number of amides is 1. The van der Waals surface area contributed by atoms with Crippen molar-refractivity contribution in [1.82, 2.24) is 0 Å². The van der Waals surface area contributed by atoms with Crippen molar-refractivity contribution >= 4 is 30.1 Å². The molecular weight excluding hydrogens is 302 g/mol. The van der Waals surface area contributed by atoms with Crippen molar-refractivity contribution in [1.29, 1.82) is 0 Å². The minimum Gasteiger partial charge on any atom is -0.390 e. The third-order valence-corrected chi connectivity index (χ3v) is 3.50. The van der Waals surface area contributed by atoms with E-state index in [-0.39, 0.29) is 19.1 Å². The fourth-order valence-electron chi connectivity index (χ4n) is 1.98. The summed E-state index contributed by atoms with van der Waals surface area (Å²) in [5.41, 5.74) is 7.04. The SMILES string of the molecule is CC.NCC(O)CN(S)c1ccc(N2CCOCC2=O)cc1. The minimum atomic E-state index is -0.618. The molecule has 0 radical (unpaired) electrons. The third-order valence-electron chi connectivity index (χ3n) is 3.10. The van der Waals surface area contributed by atoms with Crippen molar-refractivity contribution < 1.29 is 14.6 Å². The van der Waals surface area contributed by atoms with Crippen LogP contribution in [0, 0.1) is 0 Å². The van der Waals surface area contributed by atoms with E-state index < -0.39 is 6.10 Å². The molecule has 1 heterocycles. The Balaban J connectivity index is 0.00000116. The first kappa shape index (κ1) is 18.8. The smallest absolute Gasteiger partial charge is 0.253 e. The van der Waals surface area contributed by atoms with E-state index in [9.17, 15) is 9.90 Å². The van der Waals surface area contributed by atoms with Gasteiger partial charge in [-0.05, 0) is 24.3 Å². The van der Waals surface area contributed by atoms with E-state index in [0.717, 1.165) is 11.4 Å². The van der Waals surface area contributed by atoms with Crippen molar-refractivity contribution in [3.05, 3.63) is 24.3 Å². The van der Waals surface area contributed by atoms with Gasteiger partial charge in [0.2, 0.25) is 0 Å². The molecule has 22 heavy (non-hydrogen) atoms. The number of hydrogen-bond acceptors (Lipinski definition) is 6. The van der Waals surface area contributed by atoms with Crippen molar-refractivity contribution in [2.75, 3.05) is 42.1 Å². The summed E-state index contributed by atoms with van der Waals surface area (Å²) in [6.07, 6.45) is -0.618. The van der Waals surface area contributed by atoms with Gasteiger partial charge in [0.15, 0.2) is 0 Å². The Labute approximate surface area is 137 Å². The summed E-state index contributed by atoms with van der Waals surface area (Å²) in [6, 6.07) is 7.43. The topological polar surface area (TPSA) is 79.0 Å². The van der Waals surface area contributed by atoms with Crippen LogP contribution in [0.5, 0.6) is 0 Å². The lowest BCUT2D eigenvalue weighted by molar-refractivity contribution is -0.125. The molecular formula is C15H25N3O3S. The van der Waals surface area contributed by atoms with E-state index in [1.165, 1.54) is 0 Å². The van der Waals surface area contributed by atoms with Crippen LogP contribution in [0.2, 0.25) is 0 Å². The maximum atomic E-state index is 11.7. The molecule has 1 aromatic carbocycles. The number of anilines is 2. The van der Waals surface area contributed by atoms with Gasteiger partial charge in [-0.1, -0.05) is 26.7 Å². The van der Waals surface area contributed by atoms with Gasteiger partial charge in [0.25, 0.3) is 5.91 Å². The average Bonchev–Trinajstić information content (AvgIpc) is 2.57. The van der Waals surface area contributed by atoms with Crippen LogP contribution < -0.4 is 14.9 Å². The highest BCUT2D eigenvalue weighted by atomic mass is 32.1. The molecule has 1 aliphatic heterocycles. The summed E-state index contributed by atoms with van der Waals surface area (Å²) in [4.78, 5) is 13.4. The second kappa shape index (κ2) is 9.68. The molecule has 7 heteroatoms. The quantitative estimate of drug-likeness (QED) is 0.705. The van der Waals surface area contributed by atoms with E-state index >= 15 is 0 Å². The average molecular weight is 327 g/mol. The molecule has 1 atom stereocenters. The van der Waals surface area contributed by atoms with Gasteiger partial charge in [0, 0.05) is 24.5 Å². The molecule has 0 aromatic heterocycles. The summed E-state index contributed by atoms with van der Waals surface area (Å²) in [5.74, 6) is -0.0368. The van der Waals surface area contributed by atoms with Crippen LogP contribution in [0.1, 0.15) is 13.8 Å². The number of carbonyl (C=O) groups is 1. The first-order valence-electron chi connectivity index (χ1n) is 7.44. The number of nitrogens with two attached hydrogens (primary N) is 1. The third kappa shape index (κ3) is 5.17. The van der Waals surface area contributed by atoms with Crippen LogP contribution in [0.4, 0.5) is 11.4 Å². The molecule has 0 bridgehead atoms. The van der Waals surface area contributed by atoms with Gasteiger partial charge in [-0.25, -0.2) is 0 Å². The van der Waals surface area contributed by atoms with Crippen LogP contribution in [-0.4, -0.2) is 50.0 Å². The Hall–Kier alpha value is -1.28. The Kier molecular flexibility index (Phi) is 8.26. The fraction of sp³-hybridized carbons (Fsp3) is 0.533. The van der Waals surface area contributed by atoms with Crippen molar-refractivity contribution in [2.45, 2.75) is 20.0 Å². The second-order valence-corrected chi connectivity index (χ2v) is 5.07. The lowest BCUT2D eigenvalue weighted by Gasteiger charge is -2.27. The number of benzene rings is 1. The van der Waals surface area contributed by atoms with Crippen LogP contribution in [0.15, 0.2) is 24.3 Å². The number of aliphatic hydroxyl groups is 1. The number of rotatable bonds is 5. The molecule has 1 unspecified atom stereocenters. The van der Waals surface area contributed by atoms with Gasteiger partial charge in [-0.3, -0.25) is 4.79 Å². The molecule has 0 saturated carbocycles. The second-order valence-electron chi connectivity index (χ2n) is 4.59. The zero-order chi connectivity index (χ0) is 16.5. The molecule has 1 amide bonds. The number of ether oxygens (including phenoxy) is 1. The van der Waals surface area contributed by atoms with Gasteiger partial charge in [-0.2, -0.15) is 0 Å². The Morgan fingerprint density at radius 1 is 1.41 bits per heavy atom. The molecule has 124 valence electrons. The molecule has 1 fully saturated rings. The van der Waals surface area contributed by atoms with Gasteiger partial charge < -0.3 is 24.8 Å².